The van der Waals surface area contributed by atoms with Gasteiger partial charge >= 0.3 is 0 Å². The van der Waals surface area contributed by atoms with Gasteiger partial charge in [-0.1, -0.05) is 12.8 Å². The maximum absolute atomic E-state index is 6.15. The molecule has 4 rings (SSSR count). The lowest BCUT2D eigenvalue weighted by atomic mass is 10.0. The molecule has 3 aliphatic rings. The first-order valence-corrected chi connectivity index (χ1v) is 8.20. The van der Waals surface area contributed by atoms with E-state index in [9.17, 15) is 0 Å². The normalized spacial score (nSPS) is 24.7. The summed E-state index contributed by atoms with van der Waals surface area (Å²) in [6, 6.07) is 4.89. The first-order chi connectivity index (χ1) is 10.2. The molecule has 1 aliphatic carbocycles. The molecule has 1 unspecified atom stereocenters. The van der Waals surface area contributed by atoms with E-state index in [2.05, 4.69) is 38.0 Å². The quantitative estimate of drug-likeness (QED) is 0.889. The standard InChI is InChI=1S/C15H18BrN3O2/c16-11-5-9(6-13-14(11)21-8-20-13)12-7-18-15(17)19(12)10-3-1-2-4-10/h5-6,10,12H,1-4,7-8H2,(H2,17,18). The molecule has 0 saturated heterocycles. The van der Waals surface area contributed by atoms with Crippen molar-refractivity contribution in [3.05, 3.63) is 22.2 Å². The summed E-state index contributed by atoms with van der Waals surface area (Å²) in [5, 5.41) is 0. The van der Waals surface area contributed by atoms with Crippen molar-refractivity contribution >= 4 is 21.9 Å². The van der Waals surface area contributed by atoms with Gasteiger partial charge < -0.3 is 20.1 Å². The van der Waals surface area contributed by atoms with Gasteiger partial charge in [-0.25, -0.2) is 0 Å². The molecule has 2 N–H and O–H groups in total. The Labute approximate surface area is 132 Å². The molecule has 0 radical (unpaired) electrons. The monoisotopic (exact) mass is 351 g/mol. The number of aliphatic imine (C=N–C) groups is 1. The number of ether oxygens (including phenoxy) is 2. The summed E-state index contributed by atoms with van der Waals surface area (Å²) in [5.41, 5.74) is 7.33. The molecule has 0 bridgehead atoms. The third-order valence-electron chi connectivity index (χ3n) is 4.58. The molecule has 0 amide bonds. The van der Waals surface area contributed by atoms with Crippen LogP contribution >= 0.6 is 15.9 Å². The summed E-state index contributed by atoms with van der Waals surface area (Å²) in [5.74, 6) is 2.27. The minimum atomic E-state index is 0.207. The fourth-order valence-electron chi connectivity index (χ4n) is 3.58. The number of nitrogens with two attached hydrogens (primary N) is 1. The van der Waals surface area contributed by atoms with Crippen LogP contribution in [0.5, 0.6) is 11.5 Å². The number of halogens is 1. The molecule has 112 valence electrons. The van der Waals surface area contributed by atoms with Gasteiger partial charge in [-0.2, -0.15) is 0 Å². The van der Waals surface area contributed by atoms with Crippen molar-refractivity contribution in [2.75, 3.05) is 13.3 Å². The Morgan fingerprint density at radius 2 is 2.05 bits per heavy atom. The highest BCUT2D eigenvalue weighted by Gasteiger charge is 2.35. The highest BCUT2D eigenvalue weighted by Crippen LogP contribution is 2.43. The van der Waals surface area contributed by atoms with Crippen LogP contribution in [0.3, 0.4) is 0 Å². The predicted octanol–water partition coefficient (Wildman–Crippen LogP) is 2.79. The Hall–Kier alpha value is -1.43. The second-order valence-electron chi connectivity index (χ2n) is 5.80. The zero-order valence-electron chi connectivity index (χ0n) is 11.7. The largest absolute Gasteiger partial charge is 0.454 e. The van der Waals surface area contributed by atoms with Gasteiger partial charge in [0.15, 0.2) is 17.5 Å². The molecule has 21 heavy (non-hydrogen) atoms. The van der Waals surface area contributed by atoms with Gasteiger partial charge in [0.2, 0.25) is 6.79 Å². The maximum atomic E-state index is 6.15. The minimum Gasteiger partial charge on any atom is -0.454 e. The van der Waals surface area contributed by atoms with Gasteiger partial charge in [0.25, 0.3) is 0 Å². The molecule has 1 atom stereocenters. The van der Waals surface area contributed by atoms with E-state index in [0.29, 0.717) is 18.5 Å². The molecule has 6 heteroatoms. The van der Waals surface area contributed by atoms with Gasteiger partial charge in [0.1, 0.15) is 0 Å². The number of hydrogen-bond acceptors (Lipinski definition) is 5. The Morgan fingerprint density at radius 3 is 2.86 bits per heavy atom. The van der Waals surface area contributed by atoms with E-state index < -0.39 is 0 Å². The van der Waals surface area contributed by atoms with Crippen molar-refractivity contribution in [1.29, 1.82) is 0 Å². The van der Waals surface area contributed by atoms with E-state index in [1.54, 1.807) is 0 Å². The van der Waals surface area contributed by atoms with Gasteiger partial charge in [0, 0.05) is 6.04 Å². The molecule has 5 nitrogen and oxygen atoms in total. The molecular formula is C15H18BrN3O2. The molecule has 1 aromatic carbocycles. The van der Waals surface area contributed by atoms with Crippen LogP contribution in [-0.4, -0.2) is 30.2 Å². The minimum absolute atomic E-state index is 0.207. The summed E-state index contributed by atoms with van der Waals surface area (Å²) >= 11 is 3.57. The summed E-state index contributed by atoms with van der Waals surface area (Å²) < 4.78 is 11.9. The fraction of sp³-hybridized carbons (Fsp3) is 0.533. The summed E-state index contributed by atoms with van der Waals surface area (Å²) in [4.78, 5) is 6.78. The lowest BCUT2D eigenvalue weighted by Crippen LogP contribution is -2.42. The van der Waals surface area contributed by atoms with Crippen LogP contribution < -0.4 is 15.2 Å². The van der Waals surface area contributed by atoms with Crippen molar-refractivity contribution in [1.82, 2.24) is 4.90 Å². The zero-order chi connectivity index (χ0) is 14.4. The zero-order valence-corrected chi connectivity index (χ0v) is 13.3. The number of rotatable bonds is 2. The van der Waals surface area contributed by atoms with Crippen molar-refractivity contribution in [2.45, 2.75) is 37.8 Å². The second kappa shape index (κ2) is 5.09. The van der Waals surface area contributed by atoms with Gasteiger partial charge in [-0.05, 0) is 46.5 Å². The third kappa shape index (κ3) is 2.16. The second-order valence-corrected chi connectivity index (χ2v) is 6.65. The topological polar surface area (TPSA) is 60.1 Å². The summed E-state index contributed by atoms with van der Waals surface area (Å²) in [6.07, 6.45) is 4.98. The van der Waals surface area contributed by atoms with E-state index in [0.717, 1.165) is 16.0 Å². The van der Waals surface area contributed by atoms with Crippen LogP contribution in [0.4, 0.5) is 0 Å². The van der Waals surface area contributed by atoms with Gasteiger partial charge in [-0.15, -0.1) is 0 Å². The van der Waals surface area contributed by atoms with E-state index in [-0.39, 0.29) is 12.8 Å². The molecule has 2 heterocycles. The smallest absolute Gasteiger partial charge is 0.231 e. The van der Waals surface area contributed by atoms with E-state index in [1.165, 1.54) is 31.2 Å². The van der Waals surface area contributed by atoms with Crippen LogP contribution in [0.15, 0.2) is 21.6 Å². The first-order valence-electron chi connectivity index (χ1n) is 7.41. The van der Waals surface area contributed by atoms with Crippen molar-refractivity contribution in [3.63, 3.8) is 0 Å². The molecule has 1 saturated carbocycles. The van der Waals surface area contributed by atoms with E-state index in [1.807, 2.05) is 0 Å². The predicted molar refractivity (Wildman–Crippen MR) is 83.6 cm³/mol. The van der Waals surface area contributed by atoms with Gasteiger partial charge in [-0.3, -0.25) is 4.99 Å². The van der Waals surface area contributed by atoms with Crippen molar-refractivity contribution in [2.24, 2.45) is 10.7 Å². The van der Waals surface area contributed by atoms with Crippen LogP contribution in [0, 0.1) is 0 Å². The average Bonchev–Trinajstić information content (AvgIpc) is 3.16. The summed E-state index contributed by atoms with van der Waals surface area (Å²) in [6.45, 7) is 1.00. The Balaban J connectivity index is 1.68. The highest BCUT2D eigenvalue weighted by atomic mass is 79.9. The number of nitrogens with zero attached hydrogens (tertiary/aromatic N) is 2. The first kappa shape index (κ1) is 13.2. The van der Waals surface area contributed by atoms with E-state index >= 15 is 0 Å². The number of fused-ring (bicyclic) bond motifs is 1. The summed E-state index contributed by atoms with van der Waals surface area (Å²) in [7, 11) is 0. The van der Waals surface area contributed by atoms with Crippen LogP contribution in [-0.2, 0) is 0 Å². The fourth-order valence-corrected chi connectivity index (χ4v) is 4.15. The van der Waals surface area contributed by atoms with E-state index in [4.69, 9.17) is 15.2 Å². The van der Waals surface area contributed by atoms with Crippen molar-refractivity contribution < 1.29 is 9.47 Å². The van der Waals surface area contributed by atoms with Crippen LogP contribution in [0.25, 0.3) is 0 Å². The molecule has 1 aromatic rings. The highest BCUT2D eigenvalue weighted by molar-refractivity contribution is 9.10. The molecule has 0 spiro atoms. The number of guanidine groups is 1. The lowest BCUT2D eigenvalue weighted by Gasteiger charge is -2.32. The Morgan fingerprint density at radius 1 is 1.24 bits per heavy atom. The molecule has 2 aliphatic heterocycles. The Bertz CT molecular complexity index is 599. The molecular weight excluding hydrogens is 334 g/mol. The third-order valence-corrected chi connectivity index (χ3v) is 5.17. The number of hydrogen-bond donors (Lipinski definition) is 1. The van der Waals surface area contributed by atoms with Crippen molar-refractivity contribution in [3.8, 4) is 11.5 Å². The maximum Gasteiger partial charge on any atom is 0.231 e. The average molecular weight is 352 g/mol. The Kier molecular flexibility index (Phi) is 3.21. The van der Waals surface area contributed by atoms with Crippen LogP contribution in [0.1, 0.15) is 37.3 Å². The number of benzene rings is 1. The molecule has 0 aromatic heterocycles. The SMILES string of the molecule is NC1=NCC(c2cc(Br)c3c(c2)OCO3)N1C1CCCC1. The lowest BCUT2D eigenvalue weighted by molar-refractivity contribution is 0.173. The van der Waals surface area contributed by atoms with Gasteiger partial charge in [0.05, 0.1) is 17.1 Å². The molecule has 1 fully saturated rings. The van der Waals surface area contributed by atoms with Crippen LogP contribution in [0.2, 0.25) is 0 Å².